The van der Waals surface area contributed by atoms with Gasteiger partial charge in [-0.15, -0.1) is 22.7 Å². The van der Waals surface area contributed by atoms with Gasteiger partial charge in [-0.2, -0.15) is 0 Å². The smallest absolute Gasteiger partial charge is 0.305 e. The van der Waals surface area contributed by atoms with Gasteiger partial charge in [-0.1, -0.05) is 0 Å². The average molecular weight is 268 g/mol. The Balaban J connectivity index is 1.92. The normalized spacial score (nSPS) is 10.6. The SMILES string of the molecule is COC(=O)CCCC(=O)c1cc2sccc2s1. The first-order valence-corrected chi connectivity index (χ1v) is 6.97. The van der Waals surface area contributed by atoms with E-state index >= 15 is 0 Å². The number of ether oxygens (including phenoxy) is 1. The second kappa shape index (κ2) is 5.42. The number of fused-ring (bicyclic) bond motifs is 1. The van der Waals surface area contributed by atoms with Gasteiger partial charge in [0.05, 0.1) is 12.0 Å². The maximum Gasteiger partial charge on any atom is 0.305 e. The lowest BCUT2D eigenvalue weighted by atomic mass is 10.1. The molecular formula is C12H12O3S2. The summed E-state index contributed by atoms with van der Waals surface area (Å²) in [5.74, 6) is -0.146. The minimum absolute atomic E-state index is 0.113. The Labute approximate surface area is 107 Å². The van der Waals surface area contributed by atoms with Gasteiger partial charge in [0.25, 0.3) is 0 Å². The van der Waals surface area contributed by atoms with Crippen LogP contribution in [0.4, 0.5) is 0 Å². The number of carbonyl (C=O) groups excluding carboxylic acids is 2. The van der Waals surface area contributed by atoms with Gasteiger partial charge in [-0.05, 0) is 23.9 Å². The van der Waals surface area contributed by atoms with E-state index in [0.717, 1.165) is 14.3 Å². The maximum atomic E-state index is 11.8. The number of thiophene rings is 2. The van der Waals surface area contributed by atoms with Crippen LogP contribution < -0.4 is 0 Å². The topological polar surface area (TPSA) is 43.4 Å². The summed E-state index contributed by atoms with van der Waals surface area (Å²) in [5.41, 5.74) is 0. The molecule has 2 rings (SSSR count). The van der Waals surface area contributed by atoms with Crippen molar-refractivity contribution in [2.24, 2.45) is 0 Å². The summed E-state index contributed by atoms with van der Waals surface area (Å²) < 4.78 is 6.84. The van der Waals surface area contributed by atoms with Gasteiger partial charge in [0.15, 0.2) is 5.78 Å². The fraction of sp³-hybridized carbons (Fsp3) is 0.333. The Morgan fingerprint density at radius 3 is 2.82 bits per heavy atom. The number of carbonyl (C=O) groups is 2. The monoisotopic (exact) mass is 268 g/mol. The molecule has 2 heterocycles. The molecule has 0 saturated heterocycles. The van der Waals surface area contributed by atoms with E-state index < -0.39 is 0 Å². The minimum atomic E-state index is -0.259. The zero-order valence-corrected chi connectivity index (χ0v) is 11.0. The van der Waals surface area contributed by atoms with Crippen molar-refractivity contribution >= 4 is 43.8 Å². The molecule has 0 fully saturated rings. The van der Waals surface area contributed by atoms with E-state index in [2.05, 4.69) is 4.74 Å². The van der Waals surface area contributed by atoms with Crippen LogP contribution in [0.25, 0.3) is 9.40 Å². The van der Waals surface area contributed by atoms with Crippen molar-refractivity contribution in [1.82, 2.24) is 0 Å². The number of esters is 1. The highest BCUT2D eigenvalue weighted by Crippen LogP contribution is 2.30. The summed E-state index contributed by atoms with van der Waals surface area (Å²) in [5, 5.41) is 2.02. The lowest BCUT2D eigenvalue weighted by molar-refractivity contribution is -0.140. The Kier molecular flexibility index (Phi) is 3.91. The van der Waals surface area contributed by atoms with Crippen molar-refractivity contribution in [2.75, 3.05) is 7.11 Å². The number of rotatable bonds is 5. The molecule has 0 aliphatic carbocycles. The molecule has 0 N–H and O–H groups in total. The highest BCUT2D eigenvalue weighted by atomic mass is 32.1. The van der Waals surface area contributed by atoms with Crippen molar-refractivity contribution in [2.45, 2.75) is 19.3 Å². The molecule has 5 heteroatoms. The number of Topliss-reactive ketones (excluding diaryl/α,β-unsaturated/α-hetero) is 1. The zero-order chi connectivity index (χ0) is 12.3. The predicted molar refractivity (Wildman–Crippen MR) is 69.9 cm³/mol. The number of methoxy groups -OCH3 is 1. The van der Waals surface area contributed by atoms with E-state index in [1.165, 1.54) is 18.4 Å². The molecule has 17 heavy (non-hydrogen) atoms. The summed E-state index contributed by atoms with van der Waals surface area (Å²) >= 11 is 3.16. The van der Waals surface area contributed by atoms with E-state index in [1.54, 1.807) is 11.3 Å². The van der Waals surface area contributed by atoms with E-state index in [1.807, 2.05) is 17.5 Å². The third kappa shape index (κ3) is 2.92. The molecule has 0 atom stereocenters. The third-order valence-electron chi connectivity index (χ3n) is 2.43. The Bertz CT molecular complexity index is 510. The largest absolute Gasteiger partial charge is 0.469 e. The molecule has 2 aromatic rings. The molecule has 0 saturated carbocycles. The van der Waals surface area contributed by atoms with Crippen molar-refractivity contribution in [1.29, 1.82) is 0 Å². The van der Waals surface area contributed by atoms with Crippen LogP contribution in [-0.2, 0) is 9.53 Å². The van der Waals surface area contributed by atoms with E-state index in [-0.39, 0.29) is 11.8 Å². The third-order valence-corrected chi connectivity index (χ3v) is 4.56. The molecule has 0 spiro atoms. The molecule has 0 radical (unpaired) electrons. The zero-order valence-electron chi connectivity index (χ0n) is 9.39. The Morgan fingerprint density at radius 2 is 2.12 bits per heavy atom. The number of ketones is 1. The van der Waals surface area contributed by atoms with Crippen LogP contribution >= 0.6 is 22.7 Å². The molecule has 0 bridgehead atoms. The average Bonchev–Trinajstić information content (AvgIpc) is 2.88. The van der Waals surface area contributed by atoms with Crippen LogP contribution in [0.3, 0.4) is 0 Å². The summed E-state index contributed by atoms with van der Waals surface area (Å²) in [6.07, 6.45) is 1.27. The highest BCUT2D eigenvalue weighted by Gasteiger charge is 2.11. The van der Waals surface area contributed by atoms with Crippen LogP contribution in [0.5, 0.6) is 0 Å². The van der Waals surface area contributed by atoms with Gasteiger partial charge in [0.1, 0.15) is 0 Å². The summed E-state index contributed by atoms with van der Waals surface area (Å²) in [6, 6.07) is 3.96. The van der Waals surface area contributed by atoms with Gasteiger partial charge in [0.2, 0.25) is 0 Å². The van der Waals surface area contributed by atoms with Crippen molar-refractivity contribution in [3.8, 4) is 0 Å². The van der Waals surface area contributed by atoms with E-state index in [0.29, 0.717) is 19.3 Å². The lowest BCUT2D eigenvalue weighted by Gasteiger charge is -1.98. The minimum Gasteiger partial charge on any atom is -0.469 e. The summed E-state index contributed by atoms with van der Waals surface area (Å²) in [6.45, 7) is 0. The van der Waals surface area contributed by atoms with E-state index in [9.17, 15) is 9.59 Å². The first kappa shape index (κ1) is 12.3. The second-order valence-corrected chi connectivity index (χ2v) is 5.64. The van der Waals surface area contributed by atoms with Crippen LogP contribution in [0.15, 0.2) is 17.5 Å². The first-order valence-electron chi connectivity index (χ1n) is 5.28. The molecular weight excluding hydrogens is 256 g/mol. The van der Waals surface area contributed by atoms with Gasteiger partial charge >= 0.3 is 5.97 Å². The van der Waals surface area contributed by atoms with Crippen molar-refractivity contribution in [3.05, 3.63) is 22.4 Å². The fourth-order valence-corrected chi connectivity index (χ4v) is 3.60. The van der Waals surface area contributed by atoms with Crippen LogP contribution in [0.1, 0.15) is 28.9 Å². The predicted octanol–water partition coefficient (Wildman–Crippen LogP) is 3.49. The fourth-order valence-electron chi connectivity index (χ4n) is 1.52. The Hall–Kier alpha value is -1.20. The Morgan fingerprint density at radius 1 is 1.29 bits per heavy atom. The molecule has 2 aromatic heterocycles. The van der Waals surface area contributed by atoms with Crippen LogP contribution in [-0.4, -0.2) is 18.9 Å². The molecule has 0 aromatic carbocycles. The highest BCUT2D eigenvalue weighted by molar-refractivity contribution is 7.27. The van der Waals surface area contributed by atoms with Gasteiger partial charge in [-0.3, -0.25) is 9.59 Å². The number of hydrogen-bond donors (Lipinski definition) is 0. The summed E-state index contributed by atoms with van der Waals surface area (Å²) in [7, 11) is 1.36. The molecule has 0 amide bonds. The number of hydrogen-bond acceptors (Lipinski definition) is 5. The molecule has 90 valence electrons. The van der Waals surface area contributed by atoms with Gasteiger partial charge < -0.3 is 4.74 Å². The molecule has 0 aliphatic rings. The molecule has 0 unspecified atom stereocenters. The van der Waals surface area contributed by atoms with Gasteiger partial charge in [-0.25, -0.2) is 0 Å². The van der Waals surface area contributed by atoms with Crippen molar-refractivity contribution in [3.63, 3.8) is 0 Å². The lowest BCUT2D eigenvalue weighted by Crippen LogP contribution is -2.02. The van der Waals surface area contributed by atoms with Crippen molar-refractivity contribution < 1.29 is 14.3 Å². The van der Waals surface area contributed by atoms with E-state index in [4.69, 9.17) is 0 Å². The standard InChI is InChI=1S/C12H12O3S2/c1-15-12(14)4-2-3-8(13)10-7-11-9(17-10)5-6-16-11/h5-7H,2-4H2,1H3. The second-order valence-electron chi connectivity index (χ2n) is 3.61. The van der Waals surface area contributed by atoms with Crippen LogP contribution in [0.2, 0.25) is 0 Å². The van der Waals surface area contributed by atoms with Crippen LogP contribution in [0, 0.1) is 0 Å². The maximum absolute atomic E-state index is 11.8. The first-order chi connectivity index (χ1) is 8.20. The van der Waals surface area contributed by atoms with Gasteiger partial charge in [0, 0.05) is 22.2 Å². The molecule has 0 aliphatic heterocycles. The summed E-state index contributed by atoms with van der Waals surface area (Å²) in [4.78, 5) is 23.5. The quantitative estimate of drug-likeness (QED) is 0.616. The molecule has 3 nitrogen and oxygen atoms in total.